The van der Waals surface area contributed by atoms with E-state index in [2.05, 4.69) is 5.10 Å². The predicted molar refractivity (Wildman–Crippen MR) is 63.9 cm³/mol. The molecule has 0 radical (unpaired) electrons. The Kier molecular flexibility index (Phi) is 5.25. The average Bonchev–Trinajstić information content (AvgIpc) is 2.54. The van der Waals surface area contributed by atoms with Crippen LogP contribution in [-0.2, 0) is 17.7 Å². The molecule has 16 heavy (non-hydrogen) atoms. The number of halogens is 1. The minimum Gasteiger partial charge on any atom is -0.393 e. The molecule has 0 fully saturated rings. The number of ether oxygens (including phenoxy) is 1. The van der Waals surface area contributed by atoms with Crippen LogP contribution in [0.15, 0.2) is 0 Å². The van der Waals surface area contributed by atoms with Crippen molar-refractivity contribution in [3.63, 3.8) is 0 Å². The molecule has 0 bridgehead atoms. The van der Waals surface area contributed by atoms with E-state index in [1.165, 1.54) is 0 Å². The Morgan fingerprint density at radius 1 is 1.56 bits per heavy atom. The fraction of sp³-hybridized carbons (Fsp3) is 0.727. The maximum absolute atomic E-state index is 9.81. The highest BCUT2D eigenvalue weighted by Gasteiger charge is 2.16. The first-order valence-corrected chi connectivity index (χ1v) is 5.86. The lowest BCUT2D eigenvalue weighted by atomic mass is 10.1. The molecule has 1 unspecified atom stereocenters. The van der Waals surface area contributed by atoms with E-state index in [0.717, 1.165) is 17.9 Å². The van der Waals surface area contributed by atoms with Crippen molar-refractivity contribution in [1.82, 2.24) is 9.78 Å². The zero-order valence-electron chi connectivity index (χ0n) is 10.0. The predicted octanol–water partition coefficient (Wildman–Crippen LogP) is 1.80. The average molecular weight is 247 g/mol. The molecule has 1 aromatic rings. The molecule has 1 heterocycles. The molecule has 0 aliphatic carbocycles. The normalized spacial score (nSPS) is 13.1. The van der Waals surface area contributed by atoms with Crippen molar-refractivity contribution in [2.24, 2.45) is 0 Å². The van der Waals surface area contributed by atoms with E-state index in [9.17, 15) is 5.11 Å². The summed E-state index contributed by atoms with van der Waals surface area (Å²) in [6.07, 6.45) is 0.705. The highest BCUT2D eigenvalue weighted by molar-refractivity contribution is 6.31. The van der Waals surface area contributed by atoms with Crippen LogP contribution >= 0.6 is 11.6 Å². The van der Waals surface area contributed by atoms with Crippen LogP contribution in [0.1, 0.15) is 24.7 Å². The maximum Gasteiger partial charge on any atom is 0.0848 e. The Morgan fingerprint density at radius 2 is 2.25 bits per heavy atom. The molecule has 92 valence electrons. The first-order valence-electron chi connectivity index (χ1n) is 5.48. The van der Waals surface area contributed by atoms with Gasteiger partial charge in [-0.3, -0.25) is 4.68 Å². The Labute approximate surface area is 101 Å². The largest absolute Gasteiger partial charge is 0.393 e. The lowest BCUT2D eigenvalue weighted by Gasteiger charge is -2.11. The minimum atomic E-state index is -0.432. The van der Waals surface area contributed by atoms with E-state index in [-0.39, 0.29) is 0 Å². The zero-order valence-corrected chi connectivity index (χ0v) is 10.8. The van der Waals surface area contributed by atoms with Crippen molar-refractivity contribution in [2.75, 3.05) is 13.7 Å². The number of aromatic nitrogens is 2. The molecule has 1 atom stereocenters. The lowest BCUT2D eigenvalue weighted by Crippen LogP contribution is -2.16. The standard InChI is InChI=1S/C11H19ClN2O2/c1-4-14-10(11(12)8(2)13-14)7-9(15)5-6-16-3/h9,15H,4-7H2,1-3H3. The van der Waals surface area contributed by atoms with Gasteiger partial charge in [-0.25, -0.2) is 0 Å². The third kappa shape index (κ3) is 3.20. The number of hydrogen-bond acceptors (Lipinski definition) is 3. The van der Waals surface area contributed by atoms with E-state index in [1.54, 1.807) is 7.11 Å². The van der Waals surface area contributed by atoms with Crippen LogP contribution in [0.3, 0.4) is 0 Å². The van der Waals surface area contributed by atoms with Crippen molar-refractivity contribution < 1.29 is 9.84 Å². The summed E-state index contributed by atoms with van der Waals surface area (Å²) >= 11 is 6.15. The third-order valence-corrected chi connectivity index (χ3v) is 3.03. The summed E-state index contributed by atoms with van der Waals surface area (Å²) in [6.45, 7) is 5.20. The summed E-state index contributed by atoms with van der Waals surface area (Å²) < 4.78 is 6.77. The van der Waals surface area contributed by atoms with Crippen molar-refractivity contribution in [1.29, 1.82) is 0 Å². The van der Waals surface area contributed by atoms with Gasteiger partial charge in [0, 0.05) is 26.7 Å². The van der Waals surface area contributed by atoms with E-state index in [1.807, 2.05) is 18.5 Å². The van der Waals surface area contributed by atoms with Gasteiger partial charge in [-0.05, 0) is 20.3 Å². The van der Waals surface area contributed by atoms with Crippen LogP contribution in [0.4, 0.5) is 0 Å². The van der Waals surface area contributed by atoms with Crippen molar-refractivity contribution in [3.05, 3.63) is 16.4 Å². The Balaban J connectivity index is 2.71. The number of nitrogens with zero attached hydrogens (tertiary/aromatic N) is 2. The number of rotatable bonds is 6. The van der Waals surface area contributed by atoms with Crippen molar-refractivity contribution in [2.45, 2.75) is 39.3 Å². The quantitative estimate of drug-likeness (QED) is 0.833. The van der Waals surface area contributed by atoms with Gasteiger partial charge in [-0.1, -0.05) is 11.6 Å². The molecule has 1 N–H and O–H groups in total. The van der Waals surface area contributed by atoms with Gasteiger partial charge in [0.05, 0.1) is 22.5 Å². The molecular formula is C11H19ClN2O2. The fourth-order valence-corrected chi connectivity index (χ4v) is 1.86. The molecule has 4 nitrogen and oxygen atoms in total. The molecule has 0 aliphatic heterocycles. The first kappa shape index (κ1) is 13.5. The first-order chi connectivity index (χ1) is 7.60. The molecule has 0 saturated carbocycles. The summed E-state index contributed by atoms with van der Waals surface area (Å²) in [6, 6.07) is 0. The second kappa shape index (κ2) is 6.23. The van der Waals surface area contributed by atoms with Gasteiger partial charge >= 0.3 is 0 Å². The fourth-order valence-electron chi connectivity index (χ4n) is 1.64. The van der Waals surface area contributed by atoms with E-state index in [4.69, 9.17) is 16.3 Å². The number of aryl methyl sites for hydroxylation is 2. The molecule has 0 aliphatic rings. The number of hydrogen-bond donors (Lipinski definition) is 1. The van der Waals surface area contributed by atoms with Gasteiger partial charge in [0.2, 0.25) is 0 Å². The van der Waals surface area contributed by atoms with Crippen LogP contribution in [0.25, 0.3) is 0 Å². The highest BCUT2D eigenvalue weighted by atomic mass is 35.5. The zero-order chi connectivity index (χ0) is 12.1. The summed E-state index contributed by atoms with van der Waals surface area (Å²) in [5.74, 6) is 0. The maximum atomic E-state index is 9.81. The Hall–Kier alpha value is -0.580. The van der Waals surface area contributed by atoms with Gasteiger partial charge in [-0.15, -0.1) is 0 Å². The van der Waals surface area contributed by atoms with E-state index >= 15 is 0 Å². The van der Waals surface area contributed by atoms with Gasteiger partial charge in [0.15, 0.2) is 0 Å². The summed E-state index contributed by atoms with van der Waals surface area (Å²) in [7, 11) is 1.63. The van der Waals surface area contributed by atoms with Crippen LogP contribution in [0.5, 0.6) is 0 Å². The van der Waals surface area contributed by atoms with Crippen LogP contribution < -0.4 is 0 Å². The number of aliphatic hydroxyl groups excluding tert-OH is 1. The molecule has 0 amide bonds. The number of aliphatic hydroxyl groups is 1. The molecule has 0 aromatic carbocycles. The van der Waals surface area contributed by atoms with E-state index < -0.39 is 6.10 Å². The summed E-state index contributed by atoms with van der Waals surface area (Å²) in [4.78, 5) is 0. The van der Waals surface area contributed by atoms with Gasteiger partial charge in [0.1, 0.15) is 0 Å². The molecule has 1 aromatic heterocycles. The Bertz CT molecular complexity index is 339. The molecular weight excluding hydrogens is 228 g/mol. The monoisotopic (exact) mass is 246 g/mol. The highest BCUT2D eigenvalue weighted by Crippen LogP contribution is 2.22. The van der Waals surface area contributed by atoms with Crippen molar-refractivity contribution >= 4 is 11.6 Å². The van der Waals surface area contributed by atoms with Crippen molar-refractivity contribution in [3.8, 4) is 0 Å². The van der Waals surface area contributed by atoms with Crippen LogP contribution in [-0.4, -0.2) is 34.7 Å². The summed E-state index contributed by atoms with van der Waals surface area (Å²) in [5.41, 5.74) is 1.72. The van der Waals surface area contributed by atoms with Crippen LogP contribution in [0, 0.1) is 6.92 Å². The van der Waals surface area contributed by atoms with Gasteiger partial charge in [-0.2, -0.15) is 5.10 Å². The third-order valence-electron chi connectivity index (χ3n) is 2.54. The second-order valence-corrected chi connectivity index (χ2v) is 4.18. The topological polar surface area (TPSA) is 47.3 Å². The van der Waals surface area contributed by atoms with E-state index in [0.29, 0.717) is 24.5 Å². The summed E-state index contributed by atoms with van der Waals surface area (Å²) in [5, 5.41) is 14.8. The van der Waals surface area contributed by atoms with Gasteiger partial charge < -0.3 is 9.84 Å². The van der Waals surface area contributed by atoms with Crippen LogP contribution in [0.2, 0.25) is 5.02 Å². The lowest BCUT2D eigenvalue weighted by molar-refractivity contribution is 0.109. The smallest absolute Gasteiger partial charge is 0.0848 e. The number of methoxy groups -OCH3 is 1. The minimum absolute atomic E-state index is 0.432. The SMILES string of the molecule is CCn1nc(C)c(Cl)c1CC(O)CCOC. The Morgan fingerprint density at radius 3 is 2.81 bits per heavy atom. The molecule has 0 saturated heterocycles. The second-order valence-electron chi connectivity index (χ2n) is 3.80. The molecule has 0 spiro atoms. The molecule has 1 rings (SSSR count). The molecule has 5 heteroatoms. The van der Waals surface area contributed by atoms with Gasteiger partial charge in [0.25, 0.3) is 0 Å².